The Morgan fingerprint density at radius 3 is 2.49 bits per heavy atom. The van der Waals surface area contributed by atoms with Crippen molar-refractivity contribution in [3.05, 3.63) is 105 Å². The van der Waals surface area contributed by atoms with E-state index in [1.165, 1.54) is 15.0 Å². The lowest BCUT2D eigenvalue weighted by Crippen LogP contribution is -2.59. The van der Waals surface area contributed by atoms with Crippen LogP contribution in [0.3, 0.4) is 0 Å². The number of halogens is 1. The number of thiophene rings is 1. The summed E-state index contributed by atoms with van der Waals surface area (Å²) in [6.45, 7) is 0.257. The number of aliphatic hydroxyl groups excluding tert-OH is 2. The Kier molecular flexibility index (Phi) is 6.37. The molecule has 0 aliphatic carbocycles. The van der Waals surface area contributed by atoms with E-state index in [0.29, 0.717) is 11.4 Å². The second-order valence-corrected chi connectivity index (χ2v) is 10.6. The van der Waals surface area contributed by atoms with Crippen LogP contribution in [0.15, 0.2) is 78.9 Å². The fourth-order valence-corrected chi connectivity index (χ4v) is 6.16. The highest BCUT2D eigenvalue weighted by molar-refractivity contribution is 7.19. The van der Waals surface area contributed by atoms with Gasteiger partial charge in [0, 0.05) is 26.6 Å². The summed E-state index contributed by atoms with van der Waals surface area (Å²) < 4.78 is 19.4. The van der Waals surface area contributed by atoms with Crippen molar-refractivity contribution >= 4 is 33.0 Å². The van der Waals surface area contributed by atoms with Gasteiger partial charge in [-0.1, -0.05) is 72.3 Å². The number of hydrogen-bond donors (Lipinski definition) is 2. The van der Waals surface area contributed by atoms with Gasteiger partial charge in [0.1, 0.15) is 30.5 Å². The van der Waals surface area contributed by atoms with Gasteiger partial charge in [0.25, 0.3) is 0 Å². The van der Waals surface area contributed by atoms with Crippen molar-refractivity contribution in [2.75, 3.05) is 6.61 Å². The van der Waals surface area contributed by atoms with Crippen LogP contribution in [0.25, 0.3) is 10.1 Å². The molecular weight excluding hydrogens is 484 g/mol. The van der Waals surface area contributed by atoms with Crippen molar-refractivity contribution < 1.29 is 24.4 Å². The van der Waals surface area contributed by atoms with E-state index in [1.54, 1.807) is 11.3 Å². The molecule has 2 aliphatic heterocycles. The Hall–Kier alpha value is -2.29. The van der Waals surface area contributed by atoms with E-state index in [9.17, 15) is 10.2 Å². The average Bonchev–Trinajstić information content (AvgIpc) is 3.30. The van der Waals surface area contributed by atoms with E-state index >= 15 is 0 Å². The number of benzene rings is 3. The van der Waals surface area contributed by atoms with Crippen LogP contribution < -0.4 is 0 Å². The summed E-state index contributed by atoms with van der Waals surface area (Å²) in [5.41, 5.74) is 2.57. The van der Waals surface area contributed by atoms with Crippen molar-refractivity contribution in [3.63, 3.8) is 0 Å². The molecule has 0 saturated carbocycles. The molecule has 0 amide bonds. The van der Waals surface area contributed by atoms with Crippen LogP contribution in [0.5, 0.6) is 0 Å². The lowest BCUT2D eigenvalue weighted by molar-refractivity contribution is -0.330. The molecular formula is C28H25ClO5S. The maximum Gasteiger partial charge on any atom is 0.184 e. The molecule has 0 bridgehead atoms. The van der Waals surface area contributed by atoms with Crippen LogP contribution in [-0.4, -0.2) is 41.2 Å². The third-order valence-electron chi connectivity index (χ3n) is 6.69. The summed E-state index contributed by atoms with van der Waals surface area (Å²) >= 11 is 8.29. The van der Waals surface area contributed by atoms with Crippen molar-refractivity contribution in [1.82, 2.24) is 0 Å². The van der Waals surface area contributed by atoms with Crippen LogP contribution in [0.2, 0.25) is 5.02 Å². The number of rotatable bonds is 4. The van der Waals surface area contributed by atoms with E-state index in [1.807, 2.05) is 60.7 Å². The highest BCUT2D eigenvalue weighted by Crippen LogP contribution is 2.40. The normalized spacial score (nSPS) is 28.7. The number of ether oxygens (including phenoxy) is 3. The Morgan fingerprint density at radius 2 is 1.66 bits per heavy atom. The molecule has 6 atom stereocenters. The molecule has 3 heterocycles. The summed E-state index contributed by atoms with van der Waals surface area (Å²) in [6.07, 6.45) is -4.10. The van der Waals surface area contributed by atoms with Gasteiger partial charge >= 0.3 is 0 Å². The highest BCUT2D eigenvalue weighted by atomic mass is 35.5. The average molecular weight is 509 g/mol. The first kappa shape index (κ1) is 23.1. The monoisotopic (exact) mass is 508 g/mol. The van der Waals surface area contributed by atoms with Gasteiger partial charge in [-0.2, -0.15) is 0 Å². The minimum absolute atomic E-state index is 0.257. The first-order valence-electron chi connectivity index (χ1n) is 11.7. The second-order valence-electron chi connectivity index (χ2n) is 9.03. The molecule has 2 N–H and O–H groups in total. The maximum atomic E-state index is 11.0. The maximum absolute atomic E-state index is 11.0. The zero-order chi connectivity index (χ0) is 23.9. The minimum Gasteiger partial charge on any atom is -0.387 e. The fraction of sp³-hybridized carbons (Fsp3) is 0.286. The topological polar surface area (TPSA) is 68.2 Å². The van der Waals surface area contributed by atoms with Gasteiger partial charge in [0.05, 0.1) is 6.61 Å². The third kappa shape index (κ3) is 4.52. The van der Waals surface area contributed by atoms with Gasteiger partial charge in [-0.25, -0.2) is 0 Å². The van der Waals surface area contributed by atoms with Gasteiger partial charge in [-0.15, -0.1) is 11.3 Å². The lowest BCUT2D eigenvalue weighted by atomic mass is 9.89. The summed E-state index contributed by atoms with van der Waals surface area (Å²) in [5.74, 6) is 0. The van der Waals surface area contributed by atoms with E-state index < -0.39 is 36.8 Å². The Morgan fingerprint density at radius 1 is 0.857 bits per heavy atom. The molecule has 2 saturated heterocycles. The van der Waals surface area contributed by atoms with Crippen LogP contribution in [0.4, 0.5) is 0 Å². The molecule has 4 unspecified atom stereocenters. The van der Waals surface area contributed by atoms with E-state index in [0.717, 1.165) is 16.7 Å². The van der Waals surface area contributed by atoms with Crippen molar-refractivity contribution in [2.24, 2.45) is 0 Å². The number of hydrogen-bond acceptors (Lipinski definition) is 6. The molecule has 0 radical (unpaired) electrons. The van der Waals surface area contributed by atoms with E-state index in [2.05, 4.69) is 18.2 Å². The van der Waals surface area contributed by atoms with E-state index in [-0.39, 0.29) is 6.61 Å². The Bertz CT molecular complexity index is 1290. The Labute approximate surface area is 212 Å². The standard InChI is InChI=1S/C28H25ClO5S/c29-21-11-10-18(12-19(21)14-20-13-17-8-4-5-9-23(17)35-20)26-24(30)25(31)27-22(33-26)15-32-28(34-27)16-6-2-1-3-7-16/h1-13,22,24-28,30-31H,14-15H2/t22?,24-,25?,26?,27-,28?/m1/s1. The Balaban J connectivity index is 1.22. The van der Waals surface area contributed by atoms with Crippen LogP contribution in [0, 0.1) is 0 Å². The second kappa shape index (κ2) is 9.64. The zero-order valence-corrected chi connectivity index (χ0v) is 20.4. The highest BCUT2D eigenvalue weighted by Gasteiger charge is 2.49. The summed E-state index contributed by atoms with van der Waals surface area (Å²) in [6, 6.07) is 25.7. The van der Waals surface area contributed by atoms with Gasteiger partial charge < -0.3 is 24.4 Å². The van der Waals surface area contributed by atoms with Crippen LogP contribution in [0.1, 0.15) is 34.0 Å². The molecule has 2 fully saturated rings. The van der Waals surface area contributed by atoms with E-state index in [4.69, 9.17) is 25.8 Å². The van der Waals surface area contributed by atoms with Crippen LogP contribution in [-0.2, 0) is 20.6 Å². The largest absolute Gasteiger partial charge is 0.387 e. The summed E-state index contributed by atoms with van der Waals surface area (Å²) in [4.78, 5) is 1.21. The van der Waals surface area contributed by atoms with Gasteiger partial charge in [0.15, 0.2) is 6.29 Å². The first-order chi connectivity index (χ1) is 17.1. The predicted molar refractivity (Wildman–Crippen MR) is 136 cm³/mol. The lowest BCUT2D eigenvalue weighted by Gasteiger charge is -2.46. The quantitative estimate of drug-likeness (QED) is 0.385. The first-order valence-corrected chi connectivity index (χ1v) is 12.9. The van der Waals surface area contributed by atoms with Crippen molar-refractivity contribution in [2.45, 2.75) is 43.2 Å². The van der Waals surface area contributed by atoms with Crippen LogP contribution >= 0.6 is 22.9 Å². The molecule has 2 aliphatic rings. The molecule has 0 spiro atoms. The SMILES string of the molecule is OC1[C@@H](O)C(c2ccc(Cl)c(Cc3cc4ccccc4s3)c2)OC2COC(c3ccccc3)O[C@H]21. The fourth-order valence-electron chi connectivity index (χ4n) is 4.89. The molecule has 6 rings (SSSR count). The number of aliphatic hydroxyl groups is 2. The number of fused-ring (bicyclic) bond motifs is 2. The predicted octanol–water partition coefficient (Wildman–Crippen LogP) is 5.42. The molecule has 4 aromatic rings. The molecule has 1 aromatic heterocycles. The van der Waals surface area contributed by atoms with Gasteiger partial charge in [0.2, 0.25) is 0 Å². The third-order valence-corrected chi connectivity index (χ3v) is 8.17. The van der Waals surface area contributed by atoms with Crippen molar-refractivity contribution in [1.29, 1.82) is 0 Å². The molecule has 5 nitrogen and oxygen atoms in total. The minimum atomic E-state index is -1.15. The zero-order valence-electron chi connectivity index (χ0n) is 18.8. The summed E-state index contributed by atoms with van der Waals surface area (Å²) in [5, 5.41) is 23.9. The van der Waals surface area contributed by atoms with Gasteiger partial charge in [-0.3, -0.25) is 0 Å². The summed E-state index contributed by atoms with van der Waals surface area (Å²) in [7, 11) is 0. The van der Waals surface area contributed by atoms with Crippen molar-refractivity contribution in [3.8, 4) is 0 Å². The molecule has 3 aromatic carbocycles. The molecule has 180 valence electrons. The smallest absolute Gasteiger partial charge is 0.184 e. The molecule has 7 heteroatoms. The molecule has 35 heavy (non-hydrogen) atoms. The van der Waals surface area contributed by atoms with Gasteiger partial charge in [-0.05, 0) is 34.7 Å².